The van der Waals surface area contributed by atoms with E-state index in [0.29, 0.717) is 31.2 Å². The average Bonchev–Trinajstić information content (AvgIpc) is 3.28. The van der Waals surface area contributed by atoms with E-state index in [1.54, 1.807) is 12.4 Å². The molecule has 1 amide bonds. The van der Waals surface area contributed by atoms with Crippen molar-refractivity contribution in [2.24, 2.45) is 0 Å². The Kier molecular flexibility index (Phi) is 6.25. The summed E-state index contributed by atoms with van der Waals surface area (Å²) in [6.45, 7) is 0.438. The van der Waals surface area contributed by atoms with Crippen LogP contribution in [-0.2, 0) is 11.2 Å². The summed E-state index contributed by atoms with van der Waals surface area (Å²) in [4.78, 5) is 16.6. The van der Waals surface area contributed by atoms with Gasteiger partial charge in [-0.25, -0.2) is 0 Å². The third-order valence-corrected chi connectivity index (χ3v) is 4.85. The number of nitrogens with zero attached hydrogens (tertiary/aromatic N) is 3. The number of hydrogen-bond donors (Lipinski definition) is 1. The van der Waals surface area contributed by atoms with Crippen LogP contribution < -0.4 is 5.32 Å². The molecule has 0 aliphatic heterocycles. The highest BCUT2D eigenvalue weighted by atomic mass is 16.4. The van der Waals surface area contributed by atoms with Crippen molar-refractivity contribution in [2.45, 2.75) is 18.8 Å². The lowest BCUT2D eigenvalue weighted by atomic mass is 9.88. The molecular weight excluding hydrogens is 376 g/mol. The van der Waals surface area contributed by atoms with Gasteiger partial charge >= 0.3 is 0 Å². The molecule has 2 aromatic carbocycles. The summed E-state index contributed by atoms with van der Waals surface area (Å²) in [7, 11) is 0. The summed E-state index contributed by atoms with van der Waals surface area (Å²) < 4.78 is 5.67. The molecule has 0 radical (unpaired) electrons. The zero-order valence-electron chi connectivity index (χ0n) is 16.4. The Bertz CT molecular complexity index is 1030. The second-order valence-electron chi connectivity index (χ2n) is 6.91. The maximum absolute atomic E-state index is 12.6. The fourth-order valence-corrected chi connectivity index (χ4v) is 3.33. The fourth-order valence-electron chi connectivity index (χ4n) is 3.33. The molecule has 2 aromatic heterocycles. The first-order valence-corrected chi connectivity index (χ1v) is 9.89. The van der Waals surface area contributed by atoms with Crippen molar-refractivity contribution < 1.29 is 9.21 Å². The van der Waals surface area contributed by atoms with E-state index in [1.165, 1.54) is 0 Å². The molecule has 30 heavy (non-hydrogen) atoms. The van der Waals surface area contributed by atoms with E-state index in [0.717, 1.165) is 16.7 Å². The monoisotopic (exact) mass is 398 g/mol. The molecule has 1 N–H and O–H groups in total. The molecule has 2 heterocycles. The second-order valence-corrected chi connectivity index (χ2v) is 6.91. The predicted molar refractivity (Wildman–Crippen MR) is 114 cm³/mol. The van der Waals surface area contributed by atoms with E-state index in [1.807, 2.05) is 48.5 Å². The van der Waals surface area contributed by atoms with E-state index < -0.39 is 0 Å². The van der Waals surface area contributed by atoms with Crippen LogP contribution in [0.1, 0.15) is 29.4 Å². The molecular formula is C24H22N4O2. The van der Waals surface area contributed by atoms with Gasteiger partial charge in [0.05, 0.1) is 0 Å². The highest BCUT2D eigenvalue weighted by Crippen LogP contribution is 2.27. The van der Waals surface area contributed by atoms with Crippen molar-refractivity contribution in [3.8, 4) is 11.5 Å². The molecule has 0 aliphatic carbocycles. The standard InChI is InChI=1S/C24H22N4O2/c29-22(17-21(18-7-3-1-4-8-18)19-9-5-2-6-10-19)26-16-13-23-27-28-24(30-23)20-11-14-25-15-12-20/h1-12,14-15,21H,13,16-17H2,(H,26,29). The van der Waals surface area contributed by atoms with Gasteiger partial charge in [-0.1, -0.05) is 60.7 Å². The fraction of sp³-hybridized carbons (Fsp3) is 0.167. The largest absolute Gasteiger partial charge is 0.421 e. The number of pyridine rings is 1. The smallest absolute Gasteiger partial charge is 0.247 e. The number of aromatic nitrogens is 3. The van der Waals surface area contributed by atoms with Crippen LogP contribution in [0.25, 0.3) is 11.5 Å². The van der Waals surface area contributed by atoms with E-state index in [2.05, 4.69) is 44.8 Å². The summed E-state index contributed by atoms with van der Waals surface area (Å²) in [5.41, 5.74) is 3.07. The predicted octanol–water partition coefficient (Wildman–Crippen LogP) is 4.01. The minimum Gasteiger partial charge on any atom is -0.421 e. The highest BCUT2D eigenvalue weighted by molar-refractivity contribution is 5.77. The maximum atomic E-state index is 12.6. The van der Waals surface area contributed by atoms with E-state index in [-0.39, 0.29) is 11.8 Å². The number of rotatable bonds is 8. The summed E-state index contributed by atoms with van der Waals surface area (Å²) in [5.74, 6) is 0.937. The molecule has 0 fully saturated rings. The van der Waals surface area contributed by atoms with Crippen molar-refractivity contribution in [3.05, 3.63) is 102 Å². The van der Waals surface area contributed by atoms with Gasteiger partial charge in [0.1, 0.15) is 0 Å². The summed E-state index contributed by atoms with van der Waals surface area (Å²) in [5, 5.41) is 11.1. The molecule has 0 saturated heterocycles. The number of nitrogens with one attached hydrogen (secondary N) is 1. The van der Waals surface area contributed by atoms with E-state index >= 15 is 0 Å². The molecule has 0 saturated carbocycles. The lowest BCUT2D eigenvalue weighted by molar-refractivity contribution is -0.121. The number of benzene rings is 2. The van der Waals surface area contributed by atoms with E-state index in [4.69, 9.17) is 4.42 Å². The van der Waals surface area contributed by atoms with Crippen LogP contribution in [0.3, 0.4) is 0 Å². The number of hydrogen-bond acceptors (Lipinski definition) is 5. The van der Waals surface area contributed by atoms with Crippen LogP contribution in [0.15, 0.2) is 89.6 Å². The zero-order chi connectivity index (χ0) is 20.6. The van der Waals surface area contributed by atoms with Gasteiger partial charge in [0.2, 0.25) is 17.7 Å². The van der Waals surface area contributed by atoms with Crippen LogP contribution in [-0.4, -0.2) is 27.6 Å². The molecule has 0 spiro atoms. The van der Waals surface area contributed by atoms with Crippen LogP contribution in [0, 0.1) is 0 Å². The third kappa shape index (κ3) is 4.97. The van der Waals surface area contributed by atoms with Crippen LogP contribution >= 0.6 is 0 Å². The van der Waals surface area contributed by atoms with Crippen LogP contribution in [0.5, 0.6) is 0 Å². The molecule has 6 heteroatoms. The topological polar surface area (TPSA) is 80.9 Å². The minimum atomic E-state index is -0.0124. The first kappa shape index (κ1) is 19.5. The lowest BCUT2D eigenvalue weighted by Crippen LogP contribution is -2.27. The molecule has 4 aromatic rings. The number of amides is 1. The van der Waals surface area contributed by atoms with Gasteiger partial charge in [0.15, 0.2) is 0 Å². The Balaban J connectivity index is 1.35. The summed E-state index contributed by atoms with van der Waals surface area (Å²) in [6.07, 6.45) is 4.20. The third-order valence-electron chi connectivity index (χ3n) is 4.85. The molecule has 0 aliphatic rings. The van der Waals surface area contributed by atoms with Crippen molar-refractivity contribution in [2.75, 3.05) is 6.54 Å². The molecule has 150 valence electrons. The van der Waals surface area contributed by atoms with Crippen molar-refractivity contribution in [1.82, 2.24) is 20.5 Å². The van der Waals surface area contributed by atoms with Gasteiger partial charge in [-0.3, -0.25) is 9.78 Å². The van der Waals surface area contributed by atoms with Gasteiger partial charge in [-0.15, -0.1) is 10.2 Å². The Hall–Kier alpha value is -3.80. The number of carbonyl (C=O) groups excluding carboxylic acids is 1. The summed E-state index contributed by atoms with van der Waals surface area (Å²) >= 11 is 0. The summed E-state index contributed by atoms with van der Waals surface area (Å²) in [6, 6.07) is 23.8. The van der Waals surface area contributed by atoms with Crippen LogP contribution in [0.2, 0.25) is 0 Å². The van der Waals surface area contributed by atoms with Crippen LogP contribution in [0.4, 0.5) is 0 Å². The minimum absolute atomic E-state index is 0.00842. The average molecular weight is 398 g/mol. The normalized spacial score (nSPS) is 10.8. The van der Waals surface area contributed by atoms with Gasteiger partial charge in [0, 0.05) is 43.3 Å². The van der Waals surface area contributed by atoms with Crippen molar-refractivity contribution >= 4 is 5.91 Å². The molecule has 0 unspecified atom stereocenters. The van der Waals surface area contributed by atoms with Gasteiger partial charge in [0.25, 0.3) is 0 Å². The molecule has 6 nitrogen and oxygen atoms in total. The first-order chi connectivity index (χ1) is 14.8. The van der Waals surface area contributed by atoms with Crippen molar-refractivity contribution in [1.29, 1.82) is 0 Å². The van der Waals surface area contributed by atoms with Gasteiger partial charge < -0.3 is 9.73 Å². The zero-order valence-corrected chi connectivity index (χ0v) is 16.4. The number of carbonyl (C=O) groups is 1. The molecule has 4 rings (SSSR count). The quantitative estimate of drug-likeness (QED) is 0.485. The Morgan fingerprint density at radius 3 is 2.13 bits per heavy atom. The SMILES string of the molecule is O=C(CC(c1ccccc1)c1ccccc1)NCCc1nnc(-c2ccncc2)o1. The Labute approximate surface area is 175 Å². The van der Waals surface area contributed by atoms with Crippen molar-refractivity contribution in [3.63, 3.8) is 0 Å². The highest BCUT2D eigenvalue weighted by Gasteiger charge is 2.18. The Morgan fingerprint density at radius 2 is 1.50 bits per heavy atom. The van der Waals surface area contributed by atoms with Gasteiger partial charge in [-0.2, -0.15) is 0 Å². The first-order valence-electron chi connectivity index (χ1n) is 9.89. The molecule has 0 bridgehead atoms. The maximum Gasteiger partial charge on any atom is 0.247 e. The van der Waals surface area contributed by atoms with Gasteiger partial charge in [-0.05, 0) is 23.3 Å². The lowest BCUT2D eigenvalue weighted by Gasteiger charge is -2.17. The van der Waals surface area contributed by atoms with E-state index in [9.17, 15) is 4.79 Å². The molecule has 0 atom stereocenters. The second kappa shape index (κ2) is 9.60. The Morgan fingerprint density at radius 1 is 0.867 bits per heavy atom.